The van der Waals surface area contributed by atoms with E-state index in [1.54, 1.807) is 21.3 Å². The molecular formula is C24H33NO4. The van der Waals surface area contributed by atoms with E-state index in [4.69, 9.17) is 14.2 Å². The second-order valence-corrected chi connectivity index (χ2v) is 8.74. The van der Waals surface area contributed by atoms with Gasteiger partial charge in [0, 0.05) is 25.2 Å². The van der Waals surface area contributed by atoms with E-state index >= 15 is 0 Å². The van der Waals surface area contributed by atoms with Crippen LogP contribution < -0.4 is 14.2 Å². The van der Waals surface area contributed by atoms with Crippen molar-refractivity contribution < 1.29 is 19.0 Å². The van der Waals surface area contributed by atoms with Crippen LogP contribution in [0.4, 0.5) is 0 Å². The molecule has 1 aliphatic carbocycles. The highest BCUT2D eigenvalue weighted by Gasteiger charge is 2.61. The summed E-state index contributed by atoms with van der Waals surface area (Å²) in [5.41, 5.74) is 3.40. The van der Waals surface area contributed by atoms with Crippen LogP contribution in [0.1, 0.15) is 39.7 Å². The van der Waals surface area contributed by atoms with Crippen LogP contribution in [0.15, 0.2) is 29.9 Å². The molecule has 29 heavy (non-hydrogen) atoms. The van der Waals surface area contributed by atoms with Crippen molar-refractivity contribution in [2.24, 2.45) is 17.3 Å². The van der Waals surface area contributed by atoms with Crippen molar-refractivity contribution in [2.45, 2.75) is 34.1 Å². The zero-order valence-electron chi connectivity index (χ0n) is 18.7. The molecule has 1 amide bonds. The van der Waals surface area contributed by atoms with Gasteiger partial charge in [-0.15, -0.1) is 0 Å². The lowest BCUT2D eigenvalue weighted by atomic mass is 9.96. The molecule has 2 atom stereocenters. The van der Waals surface area contributed by atoms with Crippen molar-refractivity contribution in [3.63, 3.8) is 0 Å². The van der Waals surface area contributed by atoms with E-state index in [1.807, 2.05) is 17.0 Å². The summed E-state index contributed by atoms with van der Waals surface area (Å²) in [6.45, 7) is 9.90. The van der Waals surface area contributed by atoms with Crippen molar-refractivity contribution in [3.8, 4) is 17.2 Å². The van der Waals surface area contributed by atoms with Gasteiger partial charge in [-0.3, -0.25) is 4.79 Å². The first-order valence-corrected chi connectivity index (χ1v) is 10.2. The number of methoxy groups -OCH3 is 3. The number of hydrogen-bond donors (Lipinski definition) is 0. The molecule has 0 radical (unpaired) electrons. The molecular weight excluding hydrogens is 366 g/mol. The fourth-order valence-electron chi connectivity index (χ4n) is 4.43. The second-order valence-electron chi connectivity index (χ2n) is 8.74. The van der Waals surface area contributed by atoms with E-state index in [0.717, 1.165) is 29.1 Å². The molecule has 1 saturated carbocycles. The molecule has 1 aliphatic heterocycles. The Kier molecular flexibility index (Phi) is 5.97. The topological polar surface area (TPSA) is 48.0 Å². The molecule has 0 bridgehead atoms. The smallest absolute Gasteiger partial charge is 0.227 e. The summed E-state index contributed by atoms with van der Waals surface area (Å²) in [6.07, 6.45) is 5.14. The number of hydrogen-bond acceptors (Lipinski definition) is 4. The molecule has 2 aliphatic rings. The minimum atomic E-state index is 0.0424. The van der Waals surface area contributed by atoms with Crippen LogP contribution in [0, 0.1) is 17.3 Å². The van der Waals surface area contributed by atoms with Crippen LogP contribution in [0.5, 0.6) is 17.2 Å². The maximum Gasteiger partial charge on any atom is 0.227 e. The summed E-state index contributed by atoms with van der Waals surface area (Å²) < 4.78 is 16.5. The average Bonchev–Trinajstić information content (AvgIpc) is 3.25. The molecule has 0 N–H and O–H groups in total. The quantitative estimate of drug-likeness (QED) is 0.658. The Morgan fingerprint density at radius 1 is 1.10 bits per heavy atom. The number of nitrogens with zero attached hydrogens (tertiary/aromatic N) is 1. The number of rotatable bonds is 6. The van der Waals surface area contributed by atoms with Gasteiger partial charge < -0.3 is 19.1 Å². The van der Waals surface area contributed by atoms with Crippen LogP contribution in [0.25, 0.3) is 5.57 Å². The average molecular weight is 400 g/mol. The van der Waals surface area contributed by atoms with Gasteiger partial charge in [-0.05, 0) is 37.2 Å². The summed E-state index contributed by atoms with van der Waals surface area (Å²) in [4.78, 5) is 15.1. The van der Waals surface area contributed by atoms with Gasteiger partial charge in [0.2, 0.25) is 5.91 Å². The lowest BCUT2D eigenvalue weighted by Gasteiger charge is -2.28. The minimum absolute atomic E-state index is 0.0424. The molecule has 0 aromatic heterocycles. The monoisotopic (exact) mass is 399 g/mol. The van der Waals surface area contributed by atoms with Gasteiger partial charge in [-0.1, -0.05) is 31.6 Å². The first kappa shape index (κ1) is 21.3. The molecule has 1 aromatic rings. The van der Waals surface area contributed by atoms with Crippen molar-refractivity contribution in [1.82, 2.24) is 4.90 Å². The van der Waals surface area contributed by atoms with Gasteiger partial charge in [-0.25, -0.2) is 0 Å². The Hall–Kier alpha value is -2.43. The number of carbonyl (C=O) groups is 1. The molecule has 0 saturated heterocycles. The molecule has 3 rings (SSSR count). The van der Waals surface area contributed by atoms with Crippen LogP contribution in [0.2, 0.25) is 0 Å². The third-order valence-corrected chi connectivity index (χ3v) is 6.25. The lowest BCUT2D eigenvalue weighted by Crippen LogP contribution is -2.36. The van der Waals surface area contributed by atoms with E-state index in [9.17, 15) is 4.79 Å². The highest BCUT2D eigenvalue weighted by Crippen LogP contribution is 2.60. The number of ether oxygens (including phenoxy) is 3. The van der Waals surface area contributed by atoms with Crippen LogP contribution in [-0.2, 0) is 4.79 Å². The Morgan fingerprint density at radius 3 is 2.17 bits per heavy atom. The summed E-state index contributed by atoms with van der Waals surface area (Å²) >= 11 is 0. The number of allylic oxidation sites excluding steroid dienone is 2. The van der Waals surface area contributed by atoms with E-state index in [-0.39, 0.29) is 17.2 Å². The van der Waals surface area contributed by atoms with Gasteiger partial charge in [0.05, 0.1) is 32.8 Å². The fraction of sp³-hybridized carbons (Fsp3) is 0.542. The standard InChI is InChI=1S/C24H33NO4/c1-15(2)12-18-22(24(18,3)4)23(26)25-10-8-16(9-11-25)21-19(28-6)13-17(27-5)14-20(21)29-7/h8,12-14,18,22H,9-11H2,1-7H3. The molecule has 1 aromatic carbocycles. The maximum absolute atomic E-state index is 13.1. The third-order valence-electron chi connectivity index (χ3n) is 6.25. The number of benzene rings is 1. The molecule has 0 spiro atoms. The molecule has 158 valence electrons. The summed E-state index contributed by atoms with van der Waals surface area (Å²) in [6, 6.07) is 3.74. The molecule has 5 heteroatoms. The van der Waals surface area contributed by atoms with Gasteiger partial charge in [0.15, 0.2) is 0 Å². The van der Waals surface area contributed by atoms with E-state index in [2.05, 4.69) is 39.8 Å². The third kappa shape index (κ3) is 4.00. The largest absolute Gasteiger partial charge is 0.496 e. The van der Waals surface area contributed by atoms with Crippen molar-refractivity contribution in [1.29, 1.82) is 0 Å². The predicted molar refractivity (Wildman–Crippen MR) is 115 cm³/mol. The van der Waals surface area contributed by atoms with Gasteiger partial charge >= 0.3 is 0 Å². The van der Waals surface area contributed by atoms with Crippen molar-refractivity contribution in [3.05, 3.63) is 35.4 Å². The minimum Gasteiger partial charge on any atom is -0.496 e. The predicted octanol–water partition coefficient (Wildman–Crippen LogP) is 4.57. The Bertz CT molecular complexity index is 823. The summed E-state index contributed by atoms with van der Waals surface area (Å²) in [5.74, 6) is 2.82. The molecule has 1 fully saturated rings. The normalized spacial score (nSPS) is 22.4. The zero-order valence-corrected chi connectivity index (χ0v) is 18.7. The fourth-order valence-corrected chi connectivity index (χ4v) is 4.43. The van der Waals surface area contributed by atoms with Gasteiger partial charge in [0.25, 0.3) is 0 Å². The highest BCUT2D eigenvalue weighted by molar-refractivity contribution is 5.85. The maximum atomic E-state index is 13.1. The van der Waals surface area contributed by atoms with Crippen LogP contribution >= 0.6 is 0 Å². The van der Waals surface area contributed by atoms with E-state index in [1.165, 1.54) is 5.57 Å². The van der Waals surface area contributed by atoms with Crippen molar-refractivity contribution >= 4 is 11.5 Å². The number of amides is 1. The highest BCUT2D eigenvalue weighted by atomic mass is 16.5. The van der Waals surface area contributed by atoms with Crippen molar-refractivity contribution in [2.75, 3.05) is 34.4 Å². The summed E-state index contributed by atoms with van der Waals surface area (Å²) in [7, 11) is 4.92. The molecule has 2 unspecified atom stereocenters. The first-order chi connectivity index (χ1) is 13.7. The van der Waals surface area contributed by atoms with Crippen LogP contribution in [0.3, 0.4) is 0 Å². The zero-order chi connectivity index (χ0) is 21.3. The lowest BCUT2D eigenvalue weighted by molar-refractivity contribution is -0.133. The Labute approximate surface area is 174 Å². The van der Waals surface area contributed by atoms with Crippen LogP contribution in [-0.4, -0.2) is 45.2 Å². The first-order valence-electron chi connectivity index (χ1n) is 10.2. The van der Waals surface area contributed by atoms with E-state index in [0.29, 0.717) is 24.8 Å². The van der Waals surface area contributed by atoms with E-state index < -0.39 is 0 Å². The second kappa shape index (κ2) is 8.13. The van der Waals surface area contributed by atoms with Gasteiger partial charge in [-0.2, -0.15) is 0 Å². The Balaban J connectivity index is 1.80. The Morgan fingerprint density at radius 2 is 1.72 bits per heavy atom. The summed E-state index contributed by atoms with van der Waals surface area (Å²) in [5, 5.41) is 0. The molecule has 5 nitrogen and oxygen atoms in total. The number of carbonyl (C=O) groups excluding carboxylic acids is 1. The SMILES string of the molecule is COc1cc(OC)c(C2=CCN(C(=O)C3C(C=C(C)C)C3(C)C)CC2)c(OC)c1. The molecule has 1 heterocycles. The van der Waals surface area contributed by atoms with Gasteiger partial charge in [0.1, 0.15) is 17.2 Å².